The monoisotopic (exact) mass is 376 g/mol. The minimum absolute atomic E-state index is 0.302. The Labute approximate surface area is 160 Å². The second kappa shape index (κ2) is 7.21. The Balaban J connectivity index is 1.88. The van der Waals surface area contributed by atoms with Crippen LogP contribution in [0.25, 0.3) is 33.6 Å². The average molecular weight is 377 g/mol. The molecule has 0 unspecified atom stereocenters. The van der Waals surface area contributed by atoms with Crippen LogP contribution in [0.4, 0.5) is 4.39 Å². The predicted molar refractivity (Wildman–Crippen MR) is 104 cm³/mol. The van der Waals surface area contributed by atoms with Gasteiger partial charge in [0.2, 0.25) is 0 Å². The van der Waals surface area contributed by atoms with Crippen molar-refractivity contribution in [3.8, 4) is 33.6 Å². The van der Waals surface area contributed by atoms with Gasteiger partial charge in [-0.25, -0.2) is 14.4 Å². The Morgan fingerprint density at radius 3 is 2.56 bits per heavy atom. The van der Waals surface area contributed by atoms with Crippen LogP contribution >= 0.6 is 11.6 Å². The molecule has 0 aliphatic heterocycles. The number of aryl methyl sites for hydroxylation is 1. The van der Waals surface area contributed by atoms with Crippen molar-refractivity contribution >= 4 is 11.6 Å². The summed E-state index contributed by atoms with van der Waals surface area (Å²) >= 11 is 6.28. The maximum atomic E-state index is 13.5. The number of rotatable bonds is 3. The molecular weight excluding hydrogens is 363 g/mol. The molecule has 4 nitrogen and oxygen atoms in total. The van der Waals surface area contributed by atoms with E-state index in [1.165, 1.54) is 12.1 Å². The highest BCUT2D eigenvalue weighted by atomic mass is 35.5. The number of benzene rings is 1. The van der Waals surface area contributed by atoms with E-state index in [1.807, 2.05) is 24.3 Å². The van der Waals surface area contributed by atoms with Crippen molar-refractivity contribution < 1.29 is 4.39 Å². The molecule has 27 heavy (non-hydrogen) atoms. The molecule has 0 atom stereocenters. The SMILES string of the molecule is Cc1ncc(-c2ccnc(-c3cccnc3)c2)c(-c2ccc(F)cc2Cl)n1. The van der Waals surface area contributed by atoms with Gasteiger partial charge >= 0.3 is 0 Å². The Morgan fingerprint density at radius 2 is 1.78 bits per heavy atom. The number of nitrogens with zero attached hydrogens (tertiary/aromatic N) is 4. The van der Waals surface area contributed by atoms with Crippen molar-refractivity contribution in [2.24, 2.45) is 0 Å². The van der Waals surface area contributed by atoms with Gasteiger partial charge in [-0.05, 0) is 55.0 Å². The van der Waals surface area contributed by atoms with E-state index >= 15 is 0 Å². The fourth-order valence-corrected chi connectivity index (χ4v) is 3.10. The molecule has 0 saturated heterocycles. The molecule has 4 rings (SSSR count). The minimum atomic E-state index is -0.390. The topological polar surface area (TPSA) is 51.6 Å². The van der Waals surface area contributed by atoms with Gasteiger partial charge in [-0.15, -0.1) is 0 Å². The van der Waals surface area contributed by atoms with Gasteiger partial charge in [-0.2, -0.15) is 0 Å². The lowest BCUT2D eigenvalue weighted by atomic mass is 10.00. The van der Waals surface area contributed by atoms with Gasteiger partial charge in [-0.3, -0.25) is 9.97 Å². The molecule has 0 N–H and O–H groups in total. The Hall–Kier alpha value is -3.18. The van der Waals surface area contributed by atoms with Crippen molar-refractivity contribution in [3.63, 3.8) is 0 Å². The summed E-state index contributed by atoms with van der Waals surface area (Å²) in [6.07, 6.45) is 6.96. The number of halogens is 2. The molecule has 0 fully saturated rings. The highest BCUT2D eigenvalue weighted by Gasteiger charge is 2.15. The first kappa shape index (κ1) is 17.2. The normalized spacial score (nSPS) is 10.8. The van der Waals surface area contributed by atoms with E-state index in [2.05, 4.69) is 19.9 Å². The largest absolute Gasteiger partial charge is 0.264 e. The molecule has 0 saturated carbocycles. The lowest BCUT2D eigenvalue weighted by Crippen LogP contribution is -1.96. The number of hydrogen-bond donors (Lipinski definition) is 0. The van der Waals surface area contributed by atoms with Gasteiger partial charge in [0.1, 0.15) is 11.6 Å². The first-order chi connectivity index (χ1) is 13.1. The van der Waals surface area contributed by atoms with Gasteiger partial charge in [0.15, 0.2) is 0 Å². The smallest absolute Gasteiger partial charge is 0.125 e. The molecule has 0 amide bonds. The van der Waals surface area contributed by atoms with Crippen LogP contribution in [0.5, 0.6) is 0 Å². The van der Waals surface area contributed by atoms with Gasteiger partial charge in [0.25, 0.3) is 0 Å². The van der Waals surface area contributed by atoms with Crippen LogP contribution in [0.15, 0.2) is 67.3 Å². The maximum Gasteiger partial charge on any atom is 0.125 e. The summed E-state index contributed by atoms with van der Waals surface area (Å²) in [6, 6.07) is 11.9. The summed E-state index contributed by atoms with van der Waals surface area (Å²) in [5.41, 5.74) is 4.68. The van der Waals surface area contributed by atoms with Crippen LogP contribution < -0.4 is 0 Å². The van der Waals surface area contributed by atoms with E-state index < -0.39 is 0 Å². The van der Waals surface area contributed by atoms with Crippen LogP contribution in [0.1, 0.15) is 5.82 Å². The second-order valence-electron chi connectivity index (χ2n) is 5.98. The molecule has 0 radical (unpaired) electrons. The van der Waals surface area contributed by atoms with Gasteiger partial charge in [0, 0.05) is 41.5 Å². The minimum Gasteiger partial charge on any atom is -0.264 e. The Bertz CT molecular complexity index is 1120. The van der Waals surface area contributed by atoms with E-state index in [-0.39, 0.29) is 5.82 Å². The molecule has 0 aliphatic carbocycles. The summed E-state index contributed by atoms with van der Waals surface area (Å²) in [7, 11) is 0. The van der Waals surface area contributed by atoms with Crippen molar-refractivity contribution in [2.75, 3.05) is 0 Å². The molecule has 0 spiro atoms. The van der Waals surface area contributed by atoms with E-state index in [4.69, 9.17) is 11.6 Å². The van der Waals surface area contributed by atoms with E-state index in [0.717, 1.165) is 22.4 Å². The van der Waals surface area contributed by atoms with Crippen molar-refractivity contribution in [1.29, 1.82) is 0 Å². The van der Waals surface area contributed by atoms with Crippen LogP contribution in [0.2, 0.25) is 5.02 Å². The molecule has 0 aliphatic rings. The maximum absolute atomic E-state index is 13.5. The van der Waals surface area contributed by atoms with Crippen molar-refractivity contribution in [1.82, 2.24) is 19.9 Å². The summed E-state index contributed by atoms with van der Waals surface area (Å²) in [5, 5.41) is 0.302. The van der Waals surface area contributed by atoms with Crippen LogP contribution in [0.3, 0.4) is 0 Å². The van der Waals surface area contributed by atoms with Gasteiger partial charge < -0.3 is 0 Å². The first-order valence-corrected chi connectivity index (χ1v) is 8.65. The molecule has 0 bridgehead atoms. The van der Waals surface area contributed by atoms with E-state index in [1.54, 1.807) is 37.8 Å². The Kier molecular flexibility index (Phi) is 4.60. The highest BCUT2D eigenvalue weighted by Crippen LogP contribution is 2.35. The summed E-state index contributed by atoms with van der Waals surface area (Å²) in [6.45, 7) is 1.80. The highest BCUT2D eigenvalue weighted by molar-refractivity contribution is 6.33. The summed E-state index contributed by atoms with van der Waals surface area (Å²) in [4.78, 5) is 17.5. The molecule has 1 aromatic carbocycles. The fraction of sp³-hybridized carbons (Fsp3) is 0.0476. The summed E-state index contributed by atoms with van der Waals surface area (Å²) in [5.74, 6) is 0.217. The number of aromatic nitrogens is 4. The van der Waals surface area contributed by atoms with Crippen LogP contribution in [-0.2, 0) is 0 Å². The van der Waals surface area contributed by atoms with Crippen molar-refractivity contribution in [2.45, 2.75) is 6.92 Å². The molecule has 3 aromatic heterocycles. The third-order valence-corrected chi connectivity index (χ3v) is 4.44. The number of hydrogen-bond acceptors (Lipinski definition) is 4. The van der Waals surface area contributed by atoms with E-state index in [0.29, 0.717) is 22.1 Å². The van der Waals surface area contributed by atoms with Crippen LogP contribution in [-0.4, -0.2) is 19.9 Å². The van der Waals surface area contributed by atoms with Gasteiger partial charge in [-0.1, -0.05) is 11.6 Å². The Morgan fingerprint density at radius 1 is 0.889 bits per heavy atom. The second-order valence-corrected chi connectivity index (χ2v) is 6.38. The zero-order valence-electron chi connectivity index (χ0n) is 14.4. The lowest BCUT2D eigenvalue weighted by Gasteiger charge is -2.12. The molecule has 4 aromatic rings. The average Bonchev–Trinajstić information content (AvgIpc) is 2.69. The van der Waals surface area contributed by atoms with Gasteiger partial charge in [0.05, 0.1) is 16.4 Å². The third-order valence-electron chi connectivity index (χ3n) is 4.12. The predicted octanol–water partition coefficient (Wildman–Crippen LogP) is 5.37. The zero-order chi connectivity index (χ0) is 18.8. The standard InChI is InChI=1S/C21H14ClFN4/c1-13-26-12-18(21(27-13)17-5-4-16(23)10-19(17)22)14-6-8-25-20(9-14)15-3-2-7-24-11-15/h2-12H,1H3. The van der Waals surface area contributed by atoms with Crippen molar-refractivity contribution in [3.05, 3.63) is 83.9 Å². The van der Waals surface area contributed by atoms with Crippen LogP contribution in [0, 0.1) is 12.7 Å². The molecule has 6 heteroatoms. The first-order valence-electron chi connectivity index (χ1n) is 8.28. The third kappa shape index (κ3) is 3.55. The van der Waals surface area contributed by atoms with E-state index in [9.17, 15) is 4.39 Å². The number of pyridine rings is 2. The molecular formula is C21H14ClFN4. The fourth-order valence-electron chi connectivity index (χ4n) is 2.84. The lowest BCUT2D eigenvalue weighted by molar-refractivity contribution is 0.628. The summed E-state index contributed by atoms with van der Waals surface area (Å²) < 4.78 is 13.5. The molecule has 3 heterocycles. The molecule has 132 valence electrons. The zero-order valence-corrected chi connectivity index (χ0v) is 15.2. The quantitative estimate of drug-likeness (QED) is 0.482.